The normalized spacial score (nSPS) is 15.6. The first-order valence-corrected chi connectivity index (χ1v) is 15.5. The van der Waals surface area contributed by atoms with Crippen LogP contribution in [0, 0.1) is 0 Å². The topological polar surface area (TPSA) is 25.8 Å². The molecule has 0 N–H and O–H groups in total. The molecule has 6 aromatic carbocycles. The van der Waals surface area contributed by atoms with Crippen LogP contribution >= 0.6 is 0 Å². The quantitative estimate of drug-likeness (QED) is 0.193. The van der Waals surface area contributed by atoms with Crippen LogP contribution in [0.15, 0.2) is 158 Å². The summed E-state index contributed by atoms with van der Waals surface area (Å²) >= 11 is 0. The molecule has 1 spiro atoms. The summed E-state index contributed by atoms with van der Waals surface area (Å²) < 4.78 is 0. The molecule has 8 aromatic rings. The lowest BCUT2D eigenvalue weighted by atomic mass is 9.70. The smallest absolute Gasteiger partial charge is 0.0757 e. The molecule has 2 nitrogen and oxygen atoms in total. The Morgan fingerprint density at radius 2 is 1.00 bits per heavy atom. The SMILES string of the molecule is c1ccc(-c2ccc3cc(-c4ccc5c(c4)C4(c6ccccc6-c6ncccc64)c4cccnc4-5)c4ccccc4c3c2)cc1. The van der Waals surface area contributed by atoms with Crippen molar-refractivity contribution in [1.82, 2.24) is 9.97 Å². The van der Waals surface area contributed by atoms with Crippen molar-refractivity contribution in [2.45, 2.75) is 5.41 Å². The number of nitrogens with zero attached hydrogens (tertiary/aromatic N) is 2. The van der Waals surface area contributed by atoms with Crippen molar-refractivity contribution in [2.75, 3.05) is 0 Å². The fraction of sp³-hybridized carbons (Fsp3) is 0.0233. The first-order valence-electron chi connectivity index (χ1n) is 15.5. The molecule has 208 valence electrons. The van der Waals surface area contributed by atoms with Crippen LogP contribution in [0.1, 0.15) is 22.3 Å². The summed E-state index contributed by atoms with van der Waals surface area (Å²) in [7, 11) is 0. The highest BCUT2D eigenvalue weighted by molar-refractivity contribution is 6.15. The molecule has 0 radical (unpaired) electrons. The van der Waals surface area contributed by atoms with E-state index in [4.69, 9.17) is 9.97 Å². The van der Waals surface area contributed by atoms with Crippen LogP contribution in [0.3, 0.4) is 0 Å². The van der Waals surface area contributed by atoms with Gasteiger partial charge in [-0.25, -0.2) is 0 Å². The summed E-state index contributed by atoms with van der Waals surface area (Å²) in [6, 6.07) is 53.2. The van der Waals surface area contributed by atoms with Crippen molar-refractivity contribution in [1.29, 1.82) is 0 Å². The zero-order chi connectivity index (χ0) is 29.5. The van der Waals surface area contributed by atoms with Crippen molar-refractivity contribution in [2.24, 2.45) is 0 Å². The van der Waals surface area contributed by atoms with E-state index in [2.05, 4.69) is 146 Å². The molecule has 2 aliphatic rings. The molecular formula is C43H26N2. The van der Waals surface area contributed by atoms with Gasteiger partial charge in [0, 0.05) is 23.5 Å². The largest absolute Gasteiger partial charge is 0.256 e. The predicted molar refractivity (Wildman–Crippen MR) is 184 cm³/mol. The molecule has 10 rings (SSSR count). The van der Waals surface area contributed by atoms with E-state index in [1.54, 1.807) is 0 Å². The molecule has 0 bridgehead atoms. The maximum absolute atomic E-state index is 4.97. The number of rotatable bonds is 2. The van der Waals surface area contributed by atoms with E-state index in [9.17, 15) is 0 Å². The van der Waals surface area contributed by atoms with E-state index in [1.165, 1.54) is 77.2 Å². The Kier molecular flexibility index (Phi) is 4.95. The molecule has 0 aliphatic heterocycles. The number of hydrogen-bond donors (Lipinski definition) is 0. The Labute approximate surface area is 261 Å². The van der Waals surface area contributed by atoms with Gasteiger partial charge in [-0.15, -0.1) is 0 Å². The van der Waals surface area contributed by atoms with Crippen molar-refractivity contribution in [3.8, 4) is 44.8 Å². The van der Waals surface area contributed by atoms with E-state index in [0.717, 1.165) is 11.4 Å². The van der Waals surface area contributed by atoms with Gasteiger partial charge in [0.05, 0.1) is 16.8 Å². The van der Waals surface area contributed by atoms with Gasteiger partial charge >= 0.3 is 0 Å². The van der Waals surface area contributed by atoms with Crippen LogP contribution in [0.25, 0.3) is 66.3 Å². The number of aromatic nitrogens is 2. The summed E-state index contributed by atoms with van der Waals surface area (Å²) in [5.41, 5.74) is 14.0. The third-order valence-electron chi connectivity index (χ3n) is 9.97. The molecule has 2 aliphatic carbocycles. The van der Waals surface area contributed by atoms with Gasteiger partial charge in [0.1, 0.15) is 0 Å². The van der Waals surface area contributed by atoms with E-state index < -0.39 is 5.41 Å². The number of fused-ring (bicyclic) bond motifs is 13. The standard InChI is InChI=1S/C43H26N2/c1-2-10-27(11-3-1)28-18-19-29-25-36(32-13-5-4-12-31(32)35(29)24-28)30-20-21-34-40(26-30)43(39-17-9-23-45-42(34)39)37-15-7-6-14-33(37)41-38(43)16-8-22-44-41/h1-26H. The molecule has 2 heteroatoms. The van der Waals surface area contributed by atoms with Gasteiger partial charge in [-0.2, -0.15) is 0 Å². The Hall–Kier alpha value is -5.86. The van der Waals surface area contributed by atoms with Gasteiger partial charge in [-0.1, -0.05) is 115 Å². The second-order valence-electron chi connectivity index (χ2n) is 12.1. The van der Waals surface area contributed by atoms with Crippen molar-refractivity contribution in [3.63, 3.8) is 0 Å². The fourth-order valence-electron chi connectivity index (χ4n) is 8.11. The summed E-state index contributed by atoms with van der Waals surface area (Å²) in [5.74, 6) is 0. The molecule has 0 saturated heterocycles. The zero-order valence-electron chi connectivity index (χ0n) is 24.4. The molecular weight excluding hydrogens is 544 g/mol. The van der Waals surface area contributed by atoms with E-state index in [0.29, 0.717) is 0 Å². The van der Waals surface area contributed by atoms with Gasteiger partial charge in [0.25, 0.3) is 0 Å². The Balaban J connectivity index is 1.25. The lowest BCUT2D eigenvalue weighted by Crippen LogP contribution is -2.26. The van der Waals surface area contributed by atoms with Gasteiger partial charge in [-0.3, -0.25) is 9.97 Å². The van der Waals surface area contributed by atoms with Crippen LogP contribution in [0.2, 0.25) is 0 Å². The molecule has 45 heavy (non-hydrogen) atoms. The second-order valence-corrected chi connectivity index (χ2v) is 12.1. The molecule has 2 heterocycles. The lowest BCUT2D eigenvalue weighted by molar-refractivity contribution is 0.789. The summed E-state index contributed by atoms with van der Waals surface area (Å²) in [4.78, 5) is 9.90. The Morgan fingerprint density at radius 1 is 0.356 bits per heavy atom. The average Bonchev–Trinajstić information content (AvgIpc) is 3.58. The minimum atomic E-state index is -0.466. The molecule has 0 fully saturated rings. The molecule has 0 amide bonds. The van der Waals surface area contributed by atoms with Crippen molar-refractivity contribution >= 4 is 21.5 Å². The summed E-state index contributed by atoms with van der Waals surface area (Å²) in [5, 5.41) is 5.04. The number of pyridine rings is 2. The fourth-order valence-corrected chi connectivity index (χ4v) is 8.11. The first-order chi connectivity index (χ1) is 22.3. The van der Waals surface area contributed by atoms with Crippen LogP contribution in [0.5, 0.6) is 0 Å². The maximum Gasteiger partial charge on any atom is 0.0757 e. The van der Waals surface area contributed by atoms with Crippen LogP contribution < -0.4 is 0 Å². The summed E-state index contributed by atoms with van der Waals surface area (Å²) in [6.45, 7) is 0. The zero-order valence-corrected chi connectivity index (χ0v) is 24.4. The maximum atomic E-state index is 4.97. The van der Waals surface area contributed by atoms with Gasteiger partial charge in [0.15, 0.2) is 0 Å². The van der Waals surface area contributed by atoms with Crippen LogP contribution in [-0.4, -0.2) is 9.97 Å². The monoisotopic (exact) mass is 570 g/mol. The highest BCUT2D eigenvalue weighted by Crippen LogP contribution is 2.62. The van der Waals surface area contributed by atoms with Gasteiger partial charge < -0.3 is 0 Å². The first kappa shape index (κ1) is 24.6. The third-order valence-corrected chi connectivity index (χ3v) is 9.97. The van der Waals surface area contributed by atoms with E-state index in [-0.39, 0.29) is 0 Å². The van der Waals surface area contributed by atoms with Crippen molar-refractivity contribution < 1.29 is 0 Å². The molecule has 1 atom stereocenters. The number of hydrogen-bond acceptors (Lipinski definition) is 2. The molecule has 2 aromatic heterocycles. The highest BCUT2D eigenvalue weighted by Gasteiger charge is 2.52. The minimum absolute atomic E-state index is 0.466. The van der Waals surface area contributed by atoms with E-state index in [1.807, 2.05) is 12.4 Å². The third kappa shape index (κ3) is 3.23. The number of benzene rings is 6. The summed E-state index contributed by atoms with van der Waals surface area (Å²) in [6.07, 6.45) is 3.83. The van der Waals surface area contributed by atoms with Gasteiger partial charge in [-0.05, 0) is 96.4 Å². The average molecular weight is 571 g/mol. The van der Waals surface area contributed by atoms with Crippen molar-refractivity contribution in [3.05, 3.63) is 180 Å². The minimum Gasteiger partial charge on any atom is -0.256 e. The van der Waals surface area contributed by atoms with Gasteiger partial charge in [0.2, 0.25) is 0 Å². The second kappa shape index (κ2) is 9.07. The predicted octanol–water partition coefficient (Wildman–Crippen LogP) is 10.5. The van der Waals surface area contributed by atoms with Crippen LogP contribution in [-0.2, 0) is 5.41 Å². The Bertz CT molecular complexity index is 2430. The van der Waals surface area contributed by atoms with Crippen LogP contribution in [0.4, 0.5) is 0 Å². The molecule has 0 saturated carbocycles. The molecule has 1 unspecified atom stereocenters. The highest BCUT2D eigenvalue weighted by atomic mass is 14.8. The lowest BCUT2D eigenvalue weighted by Gasteiger charge is -2.30. The van der Waals surface area contributed by atoms with E-state index >= 15 is 0 Å². The Morgan fingerprint density at radius 3 is 1.80 bits per heavy atom.